The van der Waals surface area contributed by atoms with Crippen LogP contribution in [0.15, 0.2) is 42.5 Å². The van der Waals surface area contributed by atoms with Crippen molar-refractivity contribution in [2.45, 2.75) is 6.36 Å². The van der Waals surface area contributed by atoms with Crippen LogP contribution >= 0.6 is 0 Å². The van der Waals surface area contributed by atoms with E-state index in [-0.39, 0.29) is 5.75 Å². The van der Waals surface area contributed by atoms with Gasteiger partial charge >= 0.3 is 6.36 Å². The normalized spacial score (nSPS) is 15.6. The number of halogens is 3. The molecule has 2 bridgehead atoms. The molecule has 5 aromatic rings. The number of rotatable bonds is 3. The minimum Gasteiger partial charge on any atom is -0.406 e. The summed E-state index contributed by atoms with van der Waals surface area (Å²) in [4.78, 5) is 11.0. The van der Waals surface area contributed by atoms with Crippen LogP contribution in [-0.2, 0) is 4.74 Å². The Kier molecular flexibility index (Phi) is 3.80. The highest BCUT2D eigenvalue weighted by atomic mass is 19.4. The van der Waals surface area contributed by atoms with Gasteiger partial charge < -0.3 is 14.4 Å². The third kappa shape index (κ3) is 2.97. The molecule has 0 N–H and O–H groups in total. The van der Waals surface area contributed by atoms with Gasteiger partial charge in [-0.2, -0.15) is 4.98 Å². The van der Waals surface area contributed by atoms with Gasteiger partial charge in [-0.05, 0) is 42.5 Å². The minimum atomic E-state index is -4.74. The Hall–Kier alpha value is -3.07. The fourth-order valence-corrected chi connectivity index (χ4v) is 3.47. The van der Waals surface area contributed by atoms with E-state index in [1.807, 2.05) is 28.8 Å². The van der Waals surface area contributed by atoms with Gasteiger partial charge in [0.05, 0.1) is 24.4 Å². The van der Waals surface area contributed by atoms with Crippen LogP contribution in [0.1, 0.15) is 0 Å². The van der Waals surface area contributed by atoms with Gasteiger partial charge in [-0.3, -0.25) is 4.57 Å². The highest BCUT2D eigenvalue weighted by Crippen LogP contribution is 2.32. The molecule has 3 aromatic heterocycles. The Bertz CT molecular complexity index is 1120. The van der Waals surface area contributed by atoms with Gasteiger partial charge in [-0.1, -0.05) is 0 Å². The van der Waals surface area contributed by atoms with Gasteiger partial charge in [0.2, 0.25) is 5.78 Å². The summed E-state index contributed by atoms with van der Waals surface area (Å²) in [5.74, 6) is 0.230. The molecule has 9 heteroatoms. The van der Waals surface area contributed by atoms with Gasteiger partial charge in [0.15, 0.2) is 5.65 Å². The van der Waals surface area contributed by atoms with Crippen LogP contribution in [0.3, 0.4) is 0 Å². The molecule has 144 valence electrons. The van der Waals surface area contributed by atoms with Crippen molar-refractivity contribution in [1.82, 2.24) is 14.5 Å². The second kappa shape index (κ2) is 6.23. The first-order valence-corrected chi connectivity index (χ1v) is 8.78. The molecule has 0 spiro atoms. The van der Waals surface area contributed by atoms with Crippen molar-refractivity contribution < 1.29 is 22.6 Å². The third-order valence-corrected chi connectivity index (χ3v) is 4.76. The van der Waals surface area contributed by atoms with E-state index in [1.165, 1.54) is 18.2 Å². The molecule has 0 amide bonds. The van der Waals surface area contributed by atoms with E-state index >= 15 is 0 Å². The Labute approximate surface area is 157 Å². The Morgan fingerprint density at radius 2 is 1.64 bits per heavy atom. The lowest BCUT2D eigenvalue weighted by molar-refractivity contribution is -0.274. The molecule has 0 unspecified atom stereocenters. The van der Waals surface area contributed by atoms with Crippen LogP contribution in [0.4, 0.5) is 18.9 Å². The zero-order valence-corrected chi connectivity index (χ0v) is 14.6. The van der Waals surface area contributed by atoms with E-state index in [2.05, 4.69) is 19.6 Å². The number of nitrogens with zero attached hydrogens (tertiary/aromatic N) is 4. The number of aromatic nitrogens is 3. The molecule has 0 aliphatic carbocycles. The average molecular weight is 388 g/mol. The zero-order chi connectivity index (χ0) is 19.3. The van der Waals surface area contributed by atoms with Crippen molar-refractivity contribution in [2.75, 3.05) is 31.2 Å². The van der Waals surface area contributed by atoms with E-state index < -0.39 is 6.36 Å². The molecular formula is C19H15F3N4O2. The zero-order valence-electron chi connectivity index (χ0n) is 14.6. The fourth-order valence-electron chi connectivity index (χ4n) is 3.47. The van der Waals surface area contributed by atoms with E-state index in [0.29, 0.717) is 35.5 Å². The van der Waals surface area contributed by atoms with Gasteiger partial charge in [-0.25, -0.2) is 4.98 Å². The van der Waals surface area contributed by atoms with Crippen LogP contribution in [-0.4, -0.2) is 47.2 Å². The maximum atomic E-state index is 12.5. The Morgan fingerprint density at radius 3 is 2.36 bits per heavy atom. The molecule has 28 heavy (non-hydrogen) atoms. The van der Waals surface area contributed by atoms with Crippen molar-refractivity contribution in [3.63, 3.8) is 0 Å². The van der Waals surface area contributed by atoms with Gasteiger partial charge in [0, 0.05) is 24.2 Å². The molecule has 1 fully saturated rings. The summed E-state index contributed by atoms with van der Waals surface area (Å²) < 4.78 is 48.7. The molecule has 1 saturated heterocycles. The SMILES string of the molecule is FC(F)(F)Oc1ccc2nc3nc(c2c1)N3c1ccc(N2CCOCC2)cc1. The summed E-state index contributed by atoms with van der Waals surface area (Å²) in [6.45, 7) is 3.11. The largest absolute Gasteiger partial charge is 0.573 e. The molecule has 1 aliphatic heterocycles. The summed E-state index contributed by atoms with van der Waals surface area (Å²) in [5, 5.41) is 0.508. The topological polar surface area (TPSA) is 52.4 Å². The predicted octanol–water partition coefficient (Wildman–Crippen LogP) is 3.75. The van der Waals surface area contributed by atoms with Gasteiger partial charge in [0.25, 0.3) is 0 Å². The van der Waals surface area contributed by atoms with E-state index in [9.17, 15) is 13.2 Å². The first kappa shape index (κ1) is 17.1. The molecule has 1 aliphatic rings. The summed E-state index contributed by atoms with van der Waals surface area (Å²) in [7, 11) is 0. The van der Waals surface area contributed by atoms with Crippen molar-refractivity contribution >= 4 is 28.0 Å². The number of alkyl halides is 3. The summed E-state index contributed by atoms with van der Waals surface area (Å²) in [6.07, 6.45) is -4.74. The maximum absolute atomic E-state index is 12.5. The lowest BCUT2D eigenvalue weighted by Gasteiger charge is -2.29. The number of morpholine rings is 1. The minimum absolute atomic E-state index is 0.290. The molecule has 0 atom stereocenters. The van der Waals surface area contributed by atoms with Crippen LogP contribution in [0.5, 0.6) is 5.75 Å². The van der Waals surface area contributed by atoms with Gasteiger partial charge in [-0.15, -0.1) is 13.2 Å². The molecule has 0 radical (unpaired) electrons. The molecule has 6 nitrogen and oxygen atoms in total. The maximum Gasteiger partial charge on any atom is 0.573 e. The standard InChI is InChI=1S/C19H15F3N4O2/c20-19(21,22)28-14-5-6-16-15(11-14)17-24-18(23-16)26(17)13-3-1-12(2-4-13)25-7-9-27-10-8-25/h1-6,11H,7-10H2. The number of anilines is 1. The lowest BCUT2D eigenvalue weighted by atomic mass is 10.2. The molecule has 2 aromatic carbocycles. The van der Waals surface area contributed by atoms with Crippen LogP contribution in [0, 0.1) is 0 Å². The number of ether oxygens (including phenoxy) is 2. The Balaban J connectivity index is 1.50. The van der Waals surface area contributed by atoms with Crippen LogP contribution < -0.4 is 9.64 Å². The van der Waals surface area contributed by atoms with Crippen LogP contribution in [0.2, 0.25) is 0 Å². The second-order valence-electron chi connectivity index (χ2n) is 6.53. The number of hydrogen-bond donors (Lipinski definition) is 0. The summed E-state index contributed by atoms with van der Waals surface area (Å²) >= 11 is 0. The molecule has 0 saturated carbocycles. The van der Waals surface area contributed by atoms with E-state index in [0.717, 1.165) is 24.5 Å². The van der Waals surface area contributed by atoms with Crippen molar-refractivity contribution in [3.05, 3.63) is 42.5 Å². The first-order valence-electron chi connectivity index (χ1n) is 8.78. The molecule has 4 heterocycles. The number of hydrogen-bond acceptors (Lipinski definition) is 5. The van der Waals surface area contributed by atoms with Crippen molar-refractivity contribution in [3.8, 4) is 11.4 Å². The second-order valence-corrected chi connectivity index (χ2v) is 6.53. The lowest BCUT2D eigenvalue weighted by Crippen LogP contribution is -2.36. The monoisotopic (exact) mass is 388 g/mol. The highest BCUT2D eigenvalue weighted by molar-refractivity contribution is 5.97. The third-order valence-electron chi connectivity index (χ3n) is 4.76. The van der Waals surface area contributed by atoms with E-state index in [4.69, 9.17) is 4.74 Å². The van der Waals surface area contributed by atoms with Crippen LogP contribution in [0.25, 0.3) is 28.0 Å². The van der Waals surface area contributed by atoms with Crippen molar-refractivity contribution in [2.24, 2.45) is 0 Å². The van der Waals surface area contributed by atoms with Gasteiger partial charge in [0.1, 0.15) is 5.75 Å². The highest BCUT2D eigenvalue weighted by Gasteiger charge is 2.31. The average Bonchev–Trinajstić information content (AvgIpc) is 2.67. The first-order chi connectivity index (χ1) is 13.5. The summed E-state index contributed by atoms with van der Waals surface area (Å²) in [5.41, 5.74) is 3.10. The molecular weight excluding hydrogens is 373 g/mol. The summed E-state index contributed by atoms with van der Waals surface area (Å²) in [6, 6.07) is 12.0. The predicted molar refractivity (Wildman–Crippen MR) is 97.3 cm³/mol. The fraction of sp³-hybridized carbons (Fsp3) is 0.263. The Morgan fingerprint density at radius 1 is 0.929 bits per heavy atom. The molecule has 6 rings (SSSR count). The quantitative estimate of drug-likeness (QED) is 0.535. The van der Waals surface area contributed by atoms with E-state index in [1.54, 1.807) is 0 Å². The van der Waals surface area contributed by atoms with Crippen molar-refractivity contribution in [1.29, 1.82) is 0 Å². The smallest absolute Gasteiger partial charge is 0.406 e. The number of benzene rings is 2.